The van der Waals surface area contributed by atoms with Gasteiger partial charge in [-0.2, -0.15) is 16.7 Å². The number of carbonyl (C=O) groups is 1. The van der Waals surface area contributed by atoms with E-state index in [1.807, 2.05) is 11.8 Å². The molecule has 6 heteroatoms. The molecule has 0 amide bonds. The minimum Gasteiger partial charge on any atom is -0.338 e. The first-order valence-electron chi connectivity index (χ1n) is 7.40. The zero-order valence-corrected chi connectivity index (χ0v) is 12.7. The predicted molar refractivity (Wildman–Crippen MR) is 77.8 cm³/mol. The van der Waals surface area contributed by atoms with Gasteiger partial charge in [-0.25, -0.2) is 0 Å². The van der Waals surface area contributed by atoms with Gasteiger partial charge in [0, 0.05) is 24.5 Å². The van der Waals surface area contributed by atoms with Crippen molar-refractivity contribution in [2.45, 2.75) is 44.1 Å². The van der Waals surface area contributed by atoms with Crippen molar-refractivity contribution >= 4 is 17.5 Å². The molecule has 1 saturated heterocycles. The number of nitrogens with zero attached hydrogens (tertiary/aromatic N) is 3. The van der Waals surface area contributed by atoms with Crippen molar-refractivity contribution in [3.63, 3.8) is 0 Å². The average molecular weight is 295 g/mol. The highest BCUT2D eigenvalue weighted by molar-refractivity contribution is 7.99. The number of hydrogen-bond donors (Lipinski definition) is 0. The van der Waals surface area contributed by atoms with Gasteiger partial charge in [0.1, 0.15) is 5.78 Å². The molecule has 1 saturated carbocycles. The summed E-state index contributed by atoms with van der Waals surface area (Å²) in [5, 5.41) is 4.14. The molecular formula is C14H21N3O2S. The van der Waals surface area contributed by atoms with Gasteiger partial charge in [-0.1, -0.05) is 18.0 Å². The molecule has 2 fully saturated rings. The molecule has 1 aromatic heterocycles. The quantitative estimate of drug-likeness (QED) is 0.781. The van der Waals surface area contributed by atoms with E-state index in [1.54, 1.807) is 0 Å². The number of ketones is 1. The van der Waals surface area contributed by atoms with Gasteiger partial charge < -0.3 is 4.52 Å². The Balaban J connectivity index is 1.76. The summed E-state index contributed by atoms with van der Waals surface area (Å²) in [6.07, 6.45) is 4.72. The van der Waals surface area contributed by atoms with E-state index in [4.69, 9.17) is 4.52 Å². The van der Waals surface area contributed by atoms with E-state index in [0.717, 1.165) is 49.6 Å². The summed E-state index contributed by atoms with van der Waals surface area (Å²) in [7, 11) is 2.09. The standard InChI is InChI=1S/C14H21N3O2S/c1-17-7-8-20-9-11(17)13-15-14(19-16-13)10-5-3-2-4-6-12(10)18/h10-11H,2-9H2,1H3. The first-order valence-corrected chi connectivity index (χ1v) is 8.55. The minimum absolute atomic E-state index is 0.166. The average Bonchev–Trinajstić information content (AvgIpc) is 2.82. The van der Waals surface area contributed by atoms with Gasteiger partial charge in [0.25, 0.3) is 0 Å². The van der Waals surface area contributed by atoms with Crippen LogP contribution in [-0.4, -0.2) is 45.9 Å². The second-order valence-electron chi connectivity index (χ2n) is 5.68. The van der Waals surface area contributed by atoms with Gasteiger partial charge in [0.15, 0.2) is 5.82 Å². The Labute approximate surface area is 123 Å². The van der Waals surface area contributed by atoms with Crippen LogP contribution in [0.2, 0.25) is 0 Å². The first-order chi connectivity index (χ1) is 9.75. The highest BCUT2D eigenvalue weighted by Gasteiger charge is 2.31. The molecule has 0 bridgehead atoms. The molecule has 0 spiro atoms. The van der Waals surface area contributed by atoms with Crippen molar-refractivity contribution in [3.05, 3.63) is 11.7 Å². The van der Waals surface area contributed by atoms with Crippen molar-refractivity contribution in [2.75, 3.05) is 25.1 Å². The fourth-order valence-corrected chi connectivity index (χ4v) is 4.11. The van der Waals surface area contributed by atoms with Crippen LogP contribution in [0.1, 0.15) is 55.8 Å². The van der Waals surface area contributed by atoms with Crippen LogP contribution < -0.4 is 0 Å². The van der Waals surface area contributed by atoms with Crippen molar-refractivity contribution in [3.8, 4) is 0 Å². The van der Waals surface area contributed by atoms with Crippen LogP contribution in [0.3, 0.4) is 0 Å². The molecular weight excluding hydrogens is 274 g/mol. The van der Waals surface area contributed by atoms with Crippen molar-refractivity contribution < 1.29 is 9.32 Å². The normalized spacial score (nSPS) is 29.4. The monoisotopic (exact) mass is 295 g/mol. The van der Waals surface area contributed by atoms with Crippen LogP contribution in [0, 0.1) is 0 Å². The SMILES string of the molecule is CN1CCSCC1c1noc(C2CCCCCC2=O)n1. The van der Waals surface area contributed by atoms with E-state index in [9.17, 15) is 4.79 Å². The van der Waals surface area contributed by atoms with Crippen LogP contribution in [0.25, 0.3) is 0 Å². The summed E-state index contributed by atoms with van der Waals surface area (Å²) in [5.74, 6) is 3.53. The highest BCUT2D eigenvalue weighted by Crippen LogP contribution is 2.31. The number of rotatable bonds is 2. The smallest absolute Gasteiger partial charge is 0.237 e. The van der Waals surface area contributed by atoms with Gasteiger partial charge in [-0.15, -0.1) is 0 Å². The maximum Gasteiger partial charge on any atom is 0.237 e. The zero-order valence-electron chi connectivity index (χ0n) is 11.9. The van der Waals surface area contributed by atoms with E-state index < -0.39 is 0 Å². The summed E-state index contributed by atoms with van der Waals surface area (Å²) in [6.45, 7) is 1.04. The summed E-state index contributed by atoms with van der Waals surface area (Å²) < 4.78 is 5.41. The summed E-state index contributed by atoms with van der Waals surface area (Å²) >= 11 is 1.92. The number of thioether (sulfide) groups is 1. The molecule has 1 aliphatic carbocycles. The first kappa shape index (κ1) is 14.1. The highest BCUT2D eigenvalue weighted by atomic mass is 32.2. The van der Waals surface area contributed by atoms with Gasteiger partial charge in [0.05, 0.1) is 12.0 Å². The summed E-state index contributed by atoms with van der Waals surface area (Å²) in [6, 6.07) is 0.215. The molecule has 0 radical (unpaired) electrons. The van der Waals surface area contributed by atoms with E-state index in [0.29, 0.717) is 12.3 Å². The predicted octanol–water partition coefficient (Wildman–Crippen LogP) is 2.41. The van der Waals surface area contributed by atoms with Gasteiger partial charge in [-0.3, -0.25) is 9.69 Å². The minimum atomic E-state index is -0.166. The van der Waals surface area contributed by atoms with Crippen molar-refractivity contribution in [2.24, 2.45) is 0 Å². The van der Waals surface area contributed by atoms with Gasteiger partial charge >= 0.3 is 0 Å². The second-order valence-corrected chi connectivity index (χ2v) is 6.83. The van der Waals surface area contributed by atoms with Crippen LogP contribution in [0.5, 0.6) is 0 Å². The fourth-order valence-electron chi connectivity index (χ4n) is 2.90. The Morgan fingerprint density at radius 2 is 2.25 bits per heavy atom. The maximum absolute atomic E-state index is 12.1. The largest absolute Gasteiger partial charge is 0.338 e. The maximum atomic E-state index is 12.1. The van der Waals surface area contributed by atoms with Crippen LogP contribution in [-0.2, 0) is 4.79 Å². The molecule has 110 valence electrons. The lowest BCUT2D eigenvalue weighted by Crippen LogP contribution is -2.33. The lowest BCUT2D eigenvalue weighted by Gasteiger charge is -2.29. The molecule has 1 aromatic rings. The summed E-state index contributed by atoms with van der Waals surface area (Å²) in [5.41, 5.74) is 0. The Hall–Kier alpha value is -0.880. The van der Waals surface area contributed by atoms with Crippen LogP contribution >= 0.6 is 11.8 Å². The molecule has 2 atom stereocenters. The third kappa shape index (κ3) is 2.91. The molecule has 0 N–H and O–H groups in total. The van der Waals surface area contributed by atoms with Gasteiger partial charge in [-0.05, 0) is 19.9 Å². The summed E-state index contributed by atoms with van der Waals surface area (Å²) in [4.78, 5) is 18.9. The van der Waals surface area contributed by atoms with Gasteiger partial charge in [0.2, 0.25) is 5.89 Å². The second kappa shape index (κ2) is 6.26. The number of aromatic nitrogens is 2. The molecule has 5 nitrogen and oxygen atoms in total. The van der Waals surface area contributed by atoms with Crippen LogP contribution in [0.15, 0.2) is 4.52 Å². The third-order valence-corrected chi connectivity index (χ3v) is 5.28. The lowest BCUT2D eigenvalue weighted by atomic mass is 9.99. The third-order valence-electron chi connectivity index (χ3n) is 4.25. The van der Waals surface area contributed by atoms with Crippen molar-refractivity contribution in [1.29, 1.82) is 0 Å². The topological polar surface area (TPSA) is 59.2 Å². The molecule has 1 aliphatic heterocycles. The molecule has 2 unspecified atom stereocenters. The molecule has 0 aromatic carbocycles. The van der Waals surface area contributed by atoms with E-state index in [2.05, 4.69) is 22.1 Å². The lowest BCUT2D eigenvalue weighted by molar-refractivity contribution is -0.120. The molecule has 20 heavy (non-hydrogen) atoms. The van der Waals surface area contributed by atoms with Crippen LogP contribution in [0.4, 0.5) is 0 Å². The van der Waals surface area contributed by atoms with Crippen molar-refractivity contribution in [1.82, 2.24) is 15.0 Å². The number of Topliss-reactive ketones (excluding diaryl/α,β-unsaturated/α-hetero) is 1. The van der Waals surface area contributed by atoms with E-state index >= 15 is 0 Å². The molecule has 3 rings (SSSR count). The zero-order chi connectivity index (χ0) is 13.9. The Morgan fingerprint density at radius 1 is 1.35 bits per heavy atom. The van der Waals surface area contributed by atoms with E-state index in [-0.39, 0.29) is 17.7 Å². The Morgan fingerprint density at radius 3 is 3.10 bits per heavy atom. The van der Waals surface area contributed by atoms with E-state index in [1.165, 1.54) is 0 Å². The Bertz CT molecular complexity index is 477. The molecule has 2 aliphatic rings. The molecule has 2 heterocycles. The Kier molecular flexibility index (Phi) is 4.41. The number of hydrogen-bond acceptors (Lipinski definition) is 6. The fraction of sp³-hybridized carbons (Fsp3) is 0.786. The number of carbonyl (C=O) groups excluding carboxylic acids is 1.